The van der Waals surface area contributed by atoms with Crippen molar-refractivity contribution in [3.8, 4) is 5.75 Å². The van der Waals surface area contributed by atoms with E-state index in [1.165, 1.54) is 12.1 Å². The van der Waals surface area contributed by atoms with E-state index in [4.69, 9.17) is 4.74 Å². The standard InChI is InChI=1S/C22H18O7/c23-19-15-8-6-13(11-17(15)21(25)28-19)5-3-1-2-4-10-27-14-7-9-16-18(12-14)22(26)29-20(16)24/h6-9,11-12H,1-5,10H2. The minimum atomic E-state index is -0.639. The highest BCUT2D eigenvalue weighted by Gasteiger charge is 2.30. The number of fused-ring (bicyclic) bond motifs is 2. The fraction of sp³-hybridized carbons (Fsp3) is 0.273. The molecule has 0 unspecified atom stereocenters. The van der Waals surface area contributed by atoms with Gasteiger partial charge in [0.1, 0.15) is 5.75 Å². The molecule has 0 bridgehead atoms. The van der Waals surface area contributed by atoms with Crippen molar-refractivity contribution in [3.63, 3.8) is 0 Å². The van der Waals surface area contributed by atoms with Gasteiger partial charge in [-0.05, 0) is 55.2 Å². The van der Waals surface area contributed by atoms with Crippen molar-refractivity contribution in [2.75, 3.05) is 6.61 Å². The van der Waals surface area contributed by atoms with E-state index in [1.807, 2.05) is 6.07 Å². The van der Waals surface area contributed by atoms with Gasteiger partial charge in [0, 0.05) is 0 Å². The summed E-state index contributed by atoms with van der Waals surface area (Å²) in [7, 11) is 0. The average Bonchev–Trinajstić information content (AvgIpc) is 3.16. The molecule has 2 aromatic carbocycles. The summed E-state index contributed by atoms with van der Waals surface area (Å²) < 4.78 is 14.8. The van der Waals surface area contributed by atoms with Crippen LogP contribution in [-0.4, -0.2) is 30.5 Å². The molecule has 2 aliphatic rings. The summed E-state index contributed by atoms with van der Waals surface area (Å²) in [4.78, 5) is 46.0. The molecule has 0 spiro atoms. The smallest absolute Gasteiger partial charge is 0.347 e. The van der Waals surface area contributed by atoms with E-state index >= 15 is 0 Å². The van der Waals surface area contributed by atoms with Gasteiger partial charge in [-0.15, -0.1) is 0 Å². The van der Waals surface area contributed by atoms with Gasteiger partial charge in [0.25, 0.3) is 0 Å². The maximum Gasteiger partial charge on any atom is 0.347 e. The lowest BCUT2D eigenvalue weighted by molar-refractivity contribution is 0.0425. The Labute approximate surface area is 166 Å². The molecular weight excluding hydrogens is 376 g/mol. The van der Waals surface area contributed by atoms with Crippen LogP contribution in [0, 0.1) is 0 Å². The molecule has 4 rings (SSSR count). The molecule has 7 nitrogen and oxygen atoms in total. The van der Waals surface area contributed by atoms with Crippen molar-refractivity contribution >= 4 is 23.9 Å². The second-order valence-electron chi connectivity index (χ2n) is 6.95. The zero-order valence-corrected chi connectivity index (χ0v) is 15.6. The van der Waals surface area contributed by atoms with Crippen LogP contribution in [0.3, 0.4) is 0 Å². The van der Waals surface area contributed by atoms with Gasteiger partial charge in [0.2, 0.25) is 0 Å². The maximum atomic E-state index is 11.6. The molecule has 0 saturated carbocycles. The van der Waals surface area contributed by atoms with Crippen molar-refractivity contribution in [1.29, 1.82) is 0 Å². The third-order valence-corrected chi connectivity index (χ3v) is 4.95. The molecule has 29 heavy (non-hydrogen) atoms. The molecule has 0 amide bonds. The molecule has 0 fully saturated rings. The third-order valence-electron chi connectivity index (χ3n) is 4.95. The number of hydrogen-bond donors (Lipinski definition) is 0. The molecule has 148 valence electrons. The predicted molar refractivity (Wildman–Crippen MR) is 100 cm³/mol. The predicted octanol–water partition coefficient (Wildman–Crippen LogP) is 3.49. The average molecular weight is 394 g/mol. The molecule has 2 heterocycles. The monoisotopic (exact) mass is 394 g/mol. The molecular formula is C22H18O7. The highest BCUT2D eigenvalue weighted by molar-refractivity contribution is 6.15. The fourth-order valence-corrected chi connectivity index (χ4v) is 3.42. The number of ether oxygens (including phenoxy) is 3. The first kappa shape index (κ1) is 18.9. The zero-order chi connectivity index (χ0) is 20.4. The molecule has 7 heteroatoms. The van der Waals surface area contributed by atoms with Crippen LogP contribution in [-0.2, 0) is 15.9 Å². The number of rotatable bonds is 8. The minimum absolute atomic E-state index is 0.243. The molecule has 0 aliphatic carbocycles. The van der Waals surface area contributed by atoms with Gasteiger partial charge in [0.15, 0.2) is 0 Å². The Morgan fingerprint density at radius 2 is 1.21 bits per heavy atom. The van der Waals surface area contributed by atoms with Gasteiger partial charge in [-0.1, -0.05) is 18.9 Å². The number of esters is 4. The van der Waals surface area contributed by atoms with E-state index in [1.54, 1.807) is 18.2 Å². The number of unbranched alkanes of at least 4 members (excludes halogenated alkanes) is 3. The van der Waals surface area contributed by atoms with Crippen LogP contribution in [0.1, 0.15) is 72.7 Å². The minimum Gasteiger partial charge on any atom is -0.494 e. The maximum absolute atomic E-state index is 11.6. The van der Waals surface area contributed by atoms with Gasteiger partial charge in [0.05, 0.1) is 28.9 Å². The lowest BCUT2D eigenvalue weighted by Crippen LogP contribution is -2.00. The van der Waals surface area contributed by atoms with Gasteiger partial charge in [-0.2, -0.15) is 0 Å². The highest BCUT2D eigenvalue weighted by Crippen LogP contribution is 2.25. The zero-order valence-electron chi connectivity index (χ0n) is 15.6. The molecule has 0 radical (unpaired) electrons. The Morgan fingerprint density at radius 3 is 1.93 bits per heavy atom. The fourth-order valence-electron chi connectivity index (χ4n) is 3.42. The first-order valence-corrected chi connectivity index (χ1v) is 9.46. The Balaban J connectivity index is 1.17. The first-order valence-electron chi connectivity index (χ1n) is 9.46. The summed E-state index contributed by atoms with van der Waals surface area (Å²) in [6.45, 7) is 0.509. The van der Waals surface area contributed by atoms with Crippen LogP contribution in [0.2, 0.25) is 0 Å². The van der Waals surface area contributed by atoms with Crippen LogP contribution < -0.4 is 4.74 Å². The van der Waals surface area contributed by atoms with Gasteiger partial charge >= 0.3 is 23.9 Å². The summed E-state index contributed by atoms with van der Waals surface area (Å²) in [5.41, 5.74) is 2.20. The van der Waals surface area contributed by atoms with Crippen LogP contribution in [0.25, 0.3) is 0 Å². The van der Waals surface area contributed by atoms with E-state index in [0.29, 0.717) is 23.5 Å². The van der Waals surface area contributed by atoms with Gasteiger partial charge in [-0.3, -0.25) is 0 Å². The number of carbonyl (C=O) groups is 4. The molecule has 0 atom stereocenters. The summed E-state index contributed by atoms with van der Waals surface area (Å²) in [5.74, 6) is -1.88. The third kappa shape index (κ3) is 3.89. The first-order chi connectivity index (χ1) is 14.0. The molecule has 0 N–H and O–H groups in total. The quantitative estimate of drug-likeness (QED) is 0.384. The van der Waals surface area contributed by atoms with E-state index in [-0.39, 0.29) is 11.1 Å². The lowest BCUT2D eigenvalue weighted by Gasteiger charge is -2.07. The van der Waals surface area contributed by atoms with Crippen molar-refractivity contribution in [3.05, 3.63) is 64.2 Å². The largest absolute Gasteiger partial charge is 0.494 e. The summed E-state index contributed by atoms with van der Waals surface area (Å²) in [6.07, 6.45) is 4.59. The van der Waals surface area contributed by atoms with Gasteiger partial charge in [-0.25, -0.2) is 19.2 Å². The number of carbonyl (C=O) groups excluding carboxylic acids is 4. The second kappa shape index (κ2) is 7.87. The van der Waals surface area contributed by atoms with Crippen molar-refractivity contribution in [2.45, 2.75) is 32.1 Å². The van der Waals surface area contributed by atoms with Crippen LogP contribution in [0.4, 0.5) is 0 Å². The molecule has 0 aromatic heterocycles. The Bertz CT molecular complexity index is 940. The molecule has 2 aliphatic heterocycles. The summed E-state index contributed by atoms with van der Waals surface area (Å²) in [5, 5.41) is 0. The van der Waals surface area contributed by atoms with Crippen LogP contribution in [0.5, 0.6) is 5.75 Å². The Morgan fingerprint density at radius 1 is 0.621 bits per heavy atom. The highest BCUT2D eigenvalue weighted by atomic mass is 16.6. The summed E-state index contributed by atoms with van der Waals surface area (Å²) >= 11 is 0. The van der Waals surface area contributed by atoms with Crippen molar-refractivity contribution in [1.82, 2.24) is 0 Å². The number of aryl methyl sites for hydroxylation is 1. The number of hydrogen-bond acceptors (Lipinski definition) is 7. The SMILES string of the molecule is O=C1OC(=O)c2cc(CCCCCCOc3ccc4c(c3)C(=O)OC4=O)ccc21. The van der Waals surface area contributed by atoms with Crippen LogP contribution in [0.15, 0.2) is 36.4 Å². The van der Waals surface area contributed by atoms with E-state index in [0.717, 1.165) is 37.7 Å². The molecule has 0 saturated heterocycles. The summed E-state index contributed by atoms with van der Waals surface area (Å²) in [6, 6.07) is 9.96. The lowest BCUT2D eigenvalue weighted by atomic mass is 10.0. The Kier molecular flexibility index (Phi) is 5.12. The normalized spacial score (nSPS) is 14.5. The van der Waals surface area contributed by atoms with Crippen molar-refractivity contribution < 1.29 is 33.4 Å². The van der Waals surface area contributed by atoms with Crippen molar-refractivity contribution in [2.24, 2.45) is 0 Å². The molecule has 2 aromatic rings. The van der Waals surface area contributed by atoms with E-state index in [2.05, 4.69) is 9.47 Å². The number of cyclic esters (lactones) is 4. The van der Waals surface area contributed by atoms with Gasteiger partial charge < -0.3 is 14.2 Å². The van der Waals surface area contributed by atoms with E-state index in [9.17, 15) is 19.2 Å². The second-order valence-corrected chi connectivity index (χ2v) is 6.95. The van der Waals surface area contributed by atoms with Crippen LogP contribution >= 0.6 is 0 Å². The van der Waals surface area contributed by atoms with E-state index < -0.39 is 23.9 Å². The topological polar surface area (TPSA) is 96.0 Å². The Hall–Kier alpha value is -3.48. The number of benzene rings is 2.